The van der Waals surface area contributed by atoms with E-state index < -0.39 is 0 Å². The summed E-state index contributed by atoms with van der Waals surface area (Å²) in [5.74, 6) is 1.11. The number of carbonyl (C=O) groups excluding carboxylic acids is 1. The normalized spacial score (nSPS) is 21.4. The summed E-state index contributed by atoms with van der Waals surface area (Å²) in [5, 5.41) is 3.55. The Hall–Kier alpha value is -2.21. The Morgan fingerprint density at radius 1 is 1.38 bits per heavy atom. The number of halogens is 1. The lowest BCUT2D eigenvalue weighted by atomic mass is 9.98. The van der Waals surface area contributed by atoms with E-state index in [2.05, 4.69) is 17.2 Å². The fourth-order valence-corrected chi connectivity index (χ4v) is 3.71. The number of benzene rings is 1. The van der Waals surface area contributed by atoms with Gasteiger partial charge >= 0.3 is 0 Å². The summed E-state index contributed by atoms with van der Waals surface area (Å²) in [4.78, 5) is 18.5. The zero-order valence-corrected chi connectivity index (χ0v) is 15.7. The second-order valence-electron chi connectivity index (χ2n) is 7.29. The van der Waals surface area contributed by atoms with Crippen molar-refractivity contribution in [3.63, 3.8) is 0 Å². The van der Waals surface area contributed by atoms with Crippen molar-refractivity contribution in [1.29, 1.82) is 0 Å². The van der Waals surface area contributed by atoms with E-state index in [0.717, 1.165) is 30.8 Å². The van der Waals surface area contributed by atoms with Gasteiger partial charge in [-0.2, -0.15) is 0 Å². The van der Waals surface area contributed by atoms with Crippen molar-refractivity contribution in [1.82, 2.24) is 19.8 Å². The lowest BCUT2D eigenvalue weighted by Crippen LogP contribution is -2.35. The number of hydrogen-bond donors (Lipinski definition) is 1. The Balaban J connectivity index is 1.55. The van der Waals surface area contributed by atoms with Gasteiger partial charge in [0.1, 0.15) is 11.6 Å². The van der Waals surface area contributed by atoms with Crippen LogP contribution in [0, 0.1) is 11.7 Å². The van der Waals surface area contributed by atoms with Gasteiger partial charge in [0.25, 0.3) is 0 Å². The molecular formula is C20H27FN4O. The third-order valence-corrected chi connectivity index (χ3v) is 5.30. The summed E-state index contributed by atoms with van der Waals surface area (Å²) in [5.41, 5.74) is 1.01. The maximum absolute atomic E-state index is 13.3. The fraction of sp³-hybridized carbons (Fsp3) is 0.500. The van der Waals surface area contributed by atoms with E-state index in [4.69, 9.17) is 0 Å². The van der Waals surface area contributed by atoms with Crippen molar-refractivity contribution >= 4 is 5.91 Å². The second kappa shape index (κ2) is 7.99. The molecule has 1 saturated heterocycles. The van der Waals surface area contributed by atoms with E-state index in [1.807, 2.05) is 35.8 Å². The van der Waals surface area contributed by atoms with Gasteiger partial charge in [-0.25, -0.2) is 9.37 Å². The van der Waals surface area contributed by atoms with Crippen LogP contribution >= 0.6 is 0 Å². The number of hydrogen-bond acceptors (Lipinski definition) is 3. The molecule has 0 bridgehead atoms. The van der Waals surface area contributed by atoms with Crippen LogP contribution in [0.15, 0.2) is 36.7 Å². The minimum absolute atomic E-state index is 0.00502. The van der Waals surface area contributed by atoms with Crippen molar-refractivity contribution in [2.24, 2.45) is 13.0 Å². The van der Waals surface area contributed by atoms with Crippen LogP contribution in [0.3, 0.4) is 0 Å². The smallest absolute Gasteiger partial charge is 0.223 e. The zero-order valence-electron chi connectivity index (χ0n) is 15.7. The Morgan fingerprint density at radius 3 is 2.88 bits per heavy atom. The van der Waals surface area contributed by atoms with Crippen LogP contribution in [0.4, 0.5) is 4.39 Å². The number of nitrogens with zero attached hydrogens (tertiary/aromatic N) is 3. The van der Waals surface area contributed by atoms with Crippen LogP contribution in [0.5, 0.6) is 0 Å². The predicted octanol–water partition coefficient (Wildman–Crippen LogP) is 2.69. The monoisotopic (exact) mass is 358 g/mol. The number of likely N-dealkylation sites (tertiary alicyclic amines) is 1. The molecule has 3 atom stereocenters. The molecule has 2 aromatic rings. The second-order valence-corrected chi connectivity index (χ2v) is 7.29. The molecule has 1 unspecified atom stereocenters. The summed E-state index contributed by atoms with van der Waals surface area (Å²) in [6.45, 7) is 2.90. The molecule has 0 aliphatic carbocycles. The Morgan fingerprint density at radius 2 is 2.19 bits per heavy atom. The number of carbonyl (C=O) groups is 1. The average Bonchev–Trinajstić information content (AvgIpc) is 3.14. The summed E-state index contributed by atoms with van der Waals surface area (Å²) in [6, 6.07) is 7.06. The molecule has 1 N–H and O–H groups in total. The number of rotatable bonds is 7. The van der Waals surface area contributed by atoms with Crippen LogP contribution in [0.25, 0.3) is 0 Å². The van der Waals surface area contributed by atoms with Crippen molar-refractivity contribution in [2.75, 3.05) is 13.6 Å². The third-order valence-electron chi connectivity index (χ3n) is 5.30. The molecule has 5 nitrogen and oxygen atoms in total. The van der Waals surface area contributed by atoms with Gasteiger partial charge in [-0.15, -0.1) is 0 Å². The molecule has 3 rings (SSSR count). The summed E-state index contributed by atoms with van der Waals surface area (Å²) < 4.78 is 15.3. The molecule has 0 saturated carbocycles. The standard InChI is InChI=1S/C20H27FN4O/c1-14(7-8-15-5-4-6-17(21)11-15)23-13-16-12-18(26)25(3)19(16)20-22-9-10-24(20)2/h4-6,9-11,14,16,19,23H,7-8,12-13H2,1-3H3/t14?,16-,19+/m0/s1. The molecule has 2 heterocycles. The Kier molecular flexibility index (Phi) is 5.71. The minimum Gasteiger partial charge on any atom is -0.336 e. The highest BCUT2D eigenvalue weighted by atomic mass is 19.1. The van der Waals surface area contributed by atoms with Gasteiger partial charge in [0.05, 0.1) is 6.04 Å². The molecule has 0 radical (unpaired) electrons. The van der Waals surface area contributed by atoms with Gasteiger partial charge < -0.3 is 14.8 Å². The quantitative estimate of drug-likeness (QED) is 0.828. The number of amides is 1. The molecule has 1 aliphatic rings. The van der Waals surface area contributed by atoms with Gasteiger partial charge in [0.2, 0.25) is 5.91 Å². The Bertz CT molecular complexity index is 760. The summed E-state index contributed by atoms with van der Waals surface area (Å²) in [6.07, 6.45) is 5.99. The van der Waals surface area contributed by atoms with Gasteiger partial charge in [-0.1, -0.05) is 12.1 Å². The highest BCUT2D eigenvalue weighted by molar-refractivity contribution is 5.79. The minimum atomic E-state index is -0.187. The van der Waals surface area contributed by atoms with Crippen molar-refractivity contribution in [2.45, 2.75) is 38.3 Å². The lowest BCUT2D eigenvalue weighted by molar-refractivity contribution is -0.127. The zero-order chi connectivity index (χ0) is 18.7. The van der Waals surface area contributed by atoms with Crippen molar-refractivity contribution < 1.29 is 9.18 Å². The molecule has 6 heteroatoms. The third kappa shape index (κ3) is 4.12. The van der Waals surface area contributed by atoms with E-state index in [0.29, 0.717) is 12.5 Å². The topological polar surface area (TPSA) is 50.2 Å². The largest absolute Gasteiger partial charge is 0.336 e. The molecule has 1 aliphatic heterocycles. The Labute approximate surface area is 154 Å². The van der Waals surface area contributed by atoms with Gasteiger partial charge in [0.15, 0.2) is 0 Å². The van der Waals surface area contributed by atoms with Crippen LogP contribution in [0.2, 0.25) is 0 Å². The van der Waals surface area contributed by atoms with Crippen LogP contribution in [0.1, 0.15) is 37.2 Å². The van der Waals surface area contributed by atoms with Crippen LogP contribution in [-0.2, 0) is 18.3 Å². The van der Waals surface area contributed by atoms with E-state index in [1.54, 1.807) is 18.3 Å². The van der Waals surface area contributed by atoms with Crippen molar-refractivity contribution in [3.8, 4) is 0 Å². The first kappa shape index (κ1) is 18.6. The molecule has 26 heavy (non-hydrogen) atoms. The van der Waals surface area contributed by atoms with E-state index in [1.165, 1.54) is 6.07 Å². The highest BCUT2D eigenvalue weighted by Crippen LogP contribution is 2.35. The molecule has 1 aromatic heterocycles. The van der Waals surface area contributed by atoms with E-state index in [9.17, 15) is 9.18 Å². The first-order valence-corrected chi connectivity index (χ1v) is 9.16. The SMILES string of the molecule is CC(CCc1cccc(F)c1)NC[C@@H]1CC(=O)N(C)[C@H]1c1nccn1C. The van der Waals surface area contributed by atoms with E-state index >= 15 is 0 Å². The number of aromatic nitrogens is 2. The van der Waals surface area contributed by atoms with Crippen LogP contribution in [-0.4, -0.2) is 40.0 Å². The average molecular weight is 358 g/mol. The number of aryl methyl sites for hydroxylation is 2. The first-order chi connectivity index (χ1) is 12.5. The molecule has 1 fully saturated rings. The maximum atomic E-state index is 13.3. The number of nitrogens with one attached hydrogen (secondary N) is 1. The van der Waals surface area contributed by atoms with Crippen molar-refractivity contribution in [3.05, 3.63) is 53.9 Å². The predicted molar refractivity (Wildman–Crippen MR) is 99.0 cm³/mol. The summed E-state index contributed by atoms with van der Waals surface area (Å²) in [7, 11) is 3.82. The fourth-order valence-electron chi connectivity index (χ4n) is 3.71. The van der Waals surface area contributed by atoms with Crippen LogP contribution < -0.4 is 5.32 Å². The van der Waals surface area contributed by atoms with Gasteiger partial charge in [-0.05, 0) is 37.5 Å². The van der Waals surface area contributed by atoms with Gasteiger partial charge in [0, 0.05) is 51.4 Å². The highest BCUT2D eigenvalue weighted by Gasteiger charge is 2.40. The number of imidazole rings is 1. The molecule has 140 valence electrons. The molecular weight excluding hydrogens is 331 g/mol. The molecule has 1 amide bonds. The molecule has 0 spiro atoms. The first-order valence-electron chi connectivity index (χ1n) is 9.16. The molecule has 1 aromatic carbocycles. The summed E-state index contributed by atoms with van der Waals surface area (Å²) >= 11 is 0. The lowest BCUT2D eigenvalue weighted by Gasteiger charge is -2.26. The van der Waals surface area contributed by atoms with Gasteiger partial charge in [-0.3, -0.25) is 4.79 Å². The van der Waals surface area contributed by atoms with E-state index in [-0.39, 0.29) is 23.7 Å². The maximum Gasteiger partial charge on any atom is 0.223 e.